The molecule has 0 atom stereocenters. The number of ether oxygens (including phenoxy) is 1. The molecule has 0 radical (unpaired) electrons. The van der Waals surface area contributed by atoms with Crippen molar-refractivity contribution in [1.82, 2.24) is 14.7 Å². The molecule has 4 rings (SSSR count). The lowest BCUT2D eigenvalue weighted by Crippen LogP contribution is -2.47. The van der Waals surface area contributed by atoms with Crippen LogP contribution in [-0.4, -0.2) is 78.9 Å². The van der Waals surface area contributed by atoms with Gasteiger partial charge in [-0.25, -0.2) is 0 Å². The second-order valence-corrected chi connectivity index (χ2v) is 7.86. The van der Waals surface area contributed by atoms with Crippen molar-refractivity contribution in [2.75, 3.05) is 52.4 Å². The molecule has 1 fully saturated rings. The SMILES string of the molecule is O=C1c2ccccc2C(=O)N1CCCCN1CCN(CCOc2ccccc2)CC1. The number of nitrogens with zero attached hydrogens (tertiary/aromatic N) is 3. The van der Waals surface area contributed by atoms with Crippen LogP contribution in [0.25, 0.3) is 0 Å². The summed E-state index contributed by atoms with van der Waals surface area (Å²) < 4.78 is 5.79. The van der Waals surface area contributed by atoms with Crippen LogP contribution in [0.2, 0.25) is 0 Å². The molecule has 2 aromatic rings. The number of unbranched alkanes of at least 4 members (excludes halogenated alkanes) is 1. The average Bonchev–Trinajstić information content (AvgIpc) is 3.03. The predicted octanol–water partition coefficient (Wildman–Crippen LogP) is 2.76. The van der Waals surface area contributed by atoms with Gasteiger partial charge in [0.05, 0.1) is 11.1 Å². The number of benzene rings is 2. The number of imide groups is 1. The van der Waals surface area contributed by atoms with Gasteiger partial charge in [0.1, 0.15) is 12.4 Å². The van der Waals surface area contributed by atoms with Gasteiger partial charge in [-0.1, -0.05) is 30.3 Å². The Morgan fingerprint density at radius 3 is 1.83 bits per heavy atom. The molecule has 2 heterocycles. The summed E-state index contributed by atoms with van der Waals surface area (Å²) in [5, 5.41) is 0. The zero-order valence-corrected chi connectivity index (χ0v) is 17.3. The van der Waals surface area contributed by atoms with Crippen LogP contribution < -0.4 is 4.74 Å². The van der Waals surface area contributed by atoms with Crippen molar-refractivity contribution in [1.29, 1.82) is 0 Å². The molecule has 6 nitrogen and oxygen atoms in total. The Hall–Kier alpha value is -2.70. The standard InChI is InChI=1S/C24H29N3O3/c28-23-21-10-4-5-11-22(21)24(29)27(23)13-7-6-12-25-14-16-26(17-15-25)18-19-30-20-8-2-1-3-9-20/h1-5,8-11H,6-7,12-19H2. The fraction of sp³-hybridized carbons (Fsp3) is 0.417. The first kappa shape index (κ1) is 20.6. The monoisotopic (exact) mass is 407 g/mol. The van der Waals surface area contributed by atoms with Crippen molar-refractivity contribution < 1.29 is 14.3 Å². The molecule has 2 aliphatic heterocycles. The second-order valence-electron chi connectivity index (χ2n) is 7.86. The van der Waals surface area contributed by atoms with Gasteiger partial charge in [0.15, 0.2) is 0 Å². The van der Waals surface area contributed by atoms with E-state index in [9.17, 15) is 9.59 Å². The van der Waals surface area contributed by atoms with Crippen molar-refractivity contribution in [2.24, 2.45) is 0 Å². The Kier molecular flexibility index (Phi) is 6.77. The van der Waals surface area contributed by atoms with Crippen molar-refractivity contribution in [3.05, 3.63) is 65.7 Å². The molecule has 30 heavy (non-hydrogen) atoms. The first-order valence-corrected chi connectivity index (χ1v) is 10.8. The first-order chi connectivity index (χ1) is 14.7. The summed E-state index contributed by atoms with van der Waals surface area (Å²) in [6, 6.07) is 17.0. The minimum atomic E-state index is -0.151. The van der Waals surface area contributed by atoms with E-state index in [4.69, 9.17) is 4.74 Å². The number of piperazine rings is 1. The third-order valence-corrected chi connectivity index (χ3v) is 5.87. The molecular weight excluding hydrogens is 378 g/mol. The minimum Gasteiger partial charge on any atom is -0.492 e. The highest BCUT2D eigenvalue weighted by Gasteiger charge is 2.34. The molecule has 158 valence electrons. The molecule has 2 amide bonds. The van der Waals surface area contributed by atoms with Crippen LogP contribution in [-0.2, 0) is 0 Å². The minimum absolute atomic E-state index is 0.151. The second kappa shape index (κ2) is 9.87. The summed E-state index contributed by atoms with van der Waals surface area (Å²) in [6.45, 7) is 7.39. The molecule has 0 N–H and O–H groups in total. The number of hydrogen-bond donors (Lipinski definition) is 0. The van der Waals surface area contributed by atoms with E-state index in [0.29, 0.717) is 24.3 Å². The molecular formula is C24H29N3O3. The lowest BCUT2D eigenvalue weighted by atomic mass is 10.1. The van der Waals surface area contributed by atoms with E-state index in [0.717, 1.165) is 57.9 Å². The van der Waals surface area contributed by atoms with Crippen LogP contribution in [0.3, 0.4) is 0 Å². The number of rotatable bonds is 9. The van der Waals surface area contributed by atoms with E-state index >= 15 is 0 Å². The van der Waals surface area contributed by atoms with Gasteiger partial charge in [0.25, 0.3) is 11.8 Å². The largest absolute Gasteiger partial charge is 0.492 e. The van der Waals surface area contributed by atoms with Crippen LogP contribution in [0.5, 0.6) is 5.75 Å². The van der Waals surface area contributed by atoms with Crippen LogP contribution >= 0.6 is 0 Å². The molecule has 0 aromatic heterocycles. The first-order valence-electron chi connectivity index (χ1n) is 10.8. The summed E-state index contributed by atoms with van der Waals surface area (Å²) in [5.41, 5.74) is 1.07. The summed E-state index contributed by atoms with van der Waals surface area (Å²) in [6.07, 6.45) is 1.83. The maximum absolute atomic E-state index is 12.4. The molecule has 0 unspecified atom stereocenters. The Bertz CT molecular complexity index is 828. The van der Waals surface area contributed by atoms with E-state index in [-0.39, 0.29) is 11.8 Å². The molecule has 0 bridgehead atoms. The molecule has 2 aromatic carbocycles. The van der Waals surface area contributed by atoms with Gasteiger partial charge in [-0.2, -0.15) is 0 Å². The van der Waals surface area contributed by atoms with Gasteiger partial charge in [0.2, 0.25) is 0 Å². The van der Waals surface area contributed by atoms with Crippen molar-refractivity contribution in [3.63, 3.8) is 0 Å². The molecule has 0 spiro atoms. The zero-order valence-electron chi connectivity index (χ0n) is 17.3. The fourth-order valence-corrected chi connectivity index (χ4v) is 4.09. The van der Waals surface area contributed by atoms with E-state index in [2.05, 4.69) is 9.80 Å². The lowest BCUT2D eigenvalue weighted by Gasteiger charge is -2.34. The molecule has 1 saturated heterocycles. The maximum atomic E-state index is 12.4. The number of carbonyl (C=O) groups is 2. The van der Waals surface area contributed by atoms with Crippen molar-refractivity contribution >= 4 is 11.8 Å². The number of amides is 2. The van der Waals surface area contributed by atoms with E-state index in [1.54, 1.807) is 24.3 Å². The van der Waals surface area contributed by atoms with Gasteiger partial charge in [-0.15, -0.1) is 0 Å². The smallest absolute Gasteiger partial charge is 0.261 e. The van der Waals surface area contributed by atoms with Crippen molar-refractivity contribution in [2.45, 2.75) is 12.8 Å². The van der Waals surface area contributed by atoms with E-state index in [1.165, 1.54) is 4.90 Å². The van der Waals surface area contributed by atoms with Gasteiger partial charge in [-0.3, -0.25) is 19.4 Å². The molecule has 6 heteroatoms. The number of hydrogen-bond acceptors (Lipinski definition) is 5. The number of carbonyl (C=O) groups excluding carboxylic acids is 2. The van der Waals surface area contributed by atoms with E-state index < -0.39 is 0 Å². The molecule has 0 saturated carbocycles. The summed E-state index contributed by atoms with van der Waals surface area (Å²) in [4.78, 5) is 31.1. The number of para-hydroxylation sites is 1. The molecule has 0 aliphatic carbocycles. The van der Waals surface area contributed by atoms with Crippen LogP contribution in [0.4, 0.5) is 0 Å². The Balaban J connectivity index is 1.10. The van der Waals surface area contributed by atoms with E-state index in [1.807, 2.05) is 30.3 Å². The Morgan fingerprint density at radius 2 is 1.20 bits per heavy atom. The molecule has 2 aliphatic rings. The van der Waals surface area contributed by atoms with Gasteiger partial charge < -0.3 is 9.64 Å². The average molecular weight is 408 g/mol. The van der Waals surface area contributed by atoms with Gasteiger partial charge in [-0.05, 0) is 43.7 Å². The van der Waals surface area contributed by atoms with Crippen LogP contribution in [0, 0.1) is 0 Å². The summed E-state index contributed by atoms with van der Waals surface area (Å²) >= 11 is 0. The van der Waals surface area contributed by atoms with Gasteiger partial charge >= 0.3 is 0 Å². The topological polar surface area (TPSA) is 53.1 Å². The number of fused-ring (bicyclic) bond motifs is 1. The normalized spacial score (nSPS) is 17.4. The van der Waals surface area contributed by atoms with Crippen LogP contribution in [0.15, 0.2) is 54.6 Å². The highest BCUT2D eigenvalue weighted by atomic mass is 16.5. The van der Waals surface area contributed by atoms with Crippen LogP contribution in [0.1, 0.15) is 33.6 Å². The van der Waals surface area contributed by atoms with Gasteiger partial charge in [0, 0.05) is 39.3 Å². The lowest BCUT2D eigenvalue weighted by molar-refractivity contribution is 0.0648. The zero-order chi connectivity index (χ0) is 20.8. The third-order valence-electron chi connectivity index (χ3n) is 5.87. The highest BCUT2D eigenvalue weighted by Crippen LogP contribution is 2.22. The highest BCUT2D eigenvalue weighted by molar-refractivity contribution is 6.21. The quantitative estimate of drug-likeness (QED) is 0.473. The summed E-state index contributed by atoms with van der Waals surface area (Å²) in [5.74, 6) is 0.623. The fourth-order valence-electron chi connectivity index (χ4n) is 4.09. The predicted molar refractivity (Wildman–Crippen MR) is 116 cm³/mol. The van der Waals surface area contributed by atoms with Crippen molar-refractivity contribution in [3.8, 4) is 5.75 Å². The maximum Gasteiger partial charge on any atom is 0.261 e. The Morgan fingerprint density at radius 1 is 0.667 bits per heavy atom. The Labute approximate surface area is 178 Å². The third kappa shape index (κ3) is 4.89. The summed E-state index contributed by atoms with van der Waals surface area (Å²) in [7, 11) is 0.